The number of carbonyl (C=O) groups is 9. The molecule has 8 amide bonds. The van der Waals surface area contributed by atoms with Crippen LogP contribution in [-0.4, -0.2) is 102 Å². The maximum Gasteiger partial charge on any atom is 0.326 e. The molecule has 1 aromatic carbocycles. The van der Waals surface area contributed by atoms with Gasteiger partial charge in [0.2, 0.25) is 47.3 Å². The van der Waals surface area contributed by atoms with Crippen LogP contribution in [0.4, 0.5) is 0 Å². The highest BCUT2D eigenvalue weighted by Gasteiger charge is 2.34. The predicted molar refractivity (Wildman–Crippen MR) is 197 cm³/mol. The molecular formula is C36H54N8O10. The van der Waals surface area contributed by atoms with Crippen molar-refractivity contribution in [3.63, 3.8) is 0 Å². The van der Waals surface area contributed by atoms with Gasteiger partial charge in [-0.3, -0.25) is 38.4 Å². The van der Waals surface area contributed by atoms with Crippen LogP contribution in [0.15, 0.2) is 42.5 Å². The van der Waals surface area contributed by atoms with Gasteiger partial charge in [0.25, 0.3) is 0 Å². The second-order valence-electron chi connectivity index (χ2n) is 13.4. The molecule has 0 radical (unpaired) electrons. The lowest BCUT2D eigenvalue weighted by atomic mass is 9.95. The number of hydrogen-bond acceptors (Lipinski definition) is 9. The lowest BCUT2D eigenvalue weighted by Gasteiger charge is -2.30. The summed E-state index contributed by atoms with van der Waals surface area (Å²) in [6, 6.07) is 3.15. The van der Waals surface area contributed by atoms with Crippen molar-refractivity contribution in [3.8, 4) is 0 Å². The highest BCUT2D eigenvalue weighted by atomic mass is 16.4. The molecule has 0 heterocycles. The summed E-state index contributed by atoms with van der Waals surface area (Å²) in [5.41, 5.74) is 6.11. The quantitative estimate of drug-likeness (QED) is 0.0610. The van der Waals surface area contributed by atoms with Gasteiger partial charge in [0.15, 0.2) is 0 Å². The normalized spacial score (nSPS) is 14.4. The SMILES string of the molecule is CC[C@H](C)[C@H](NC(=O)[C@H](C)NC(=O)/C=C/C(=O)NCC(=O)NCC(=O)N[C@@H](Cc1ccccc1)C(=O)O)C(=O)N[C@H](C(=O)N[C@H](C(N)=O)C(C)C)C(C)C. The molecule has 0 spiro atoms. The number of carboxylic acids is 1. The molecule has 1 rings (SSSR count). The third-order valence-corrected chi connectivity index (χ3v) is 8.23. The van der Waals surface area contributed by atoms with Crippen molar-refractivity contribution in [2.75, 3.05) is 13.1 Å². The Morgan fingerprint density at radius 1 is 0.648 bits per heavy atom. The third kappa shape index (κ3) is 16.7. The van der Waals surface area contributed by atoms with Crippen molar-refractivity contribution in [1.82, 2.24) is 37.2 Å². The number of rotatable bonds is 22. The zero-order valence-corrected chi connectivity index (χ0v) is 31.7. The number of primary amides is 1. The summed E-state index contributed by atoms with van der Waals surface area (Å²) in [5.74, 6) is -8.25. The first-order valence-corrected chi connectivity index (χ1v) is 17.6. The van der Waals surface area contributed by atoms with Gasteiger partial charge >= 0.3 is 5.97 Å². The number of benzene rings is 1. The largest absolute Gasteiger partial charge is 0.480 e. The Balaban J connectivity index is 2.66. The van der Waals surface area contributed by atoms with E-state index in [2.05, 4.69) is 37.2 Å². The molecule has 18 nitrogen and oxygen atoms in total. The minimum atomic E-state index is -1.25. The number of carboxylic acid groups (broad SMARTS) is 1. The van der Waals surface area contributed by atoms with Crippen molar-refractivity contribution in [3.05, 3.63) is 48.0 Å². The van der Waals surface area contributed by atoms with Gasteiger partial charge in [0, 0.05) is 18.6 Å². The molecule has 0 saturated carbocycles. The Morgan fingerprint density at radius 2 is 1.17 bits per heavy atom. The van der Waals surface area contributed by atoms with E-state index in [1.165, 1.54) is 6.92 Å². The minimum Gasteiger partial charge on any atom is -0.480 e. The van der Waals surface area contributed by atoms with E-state index in [1.54, 1.807) is 71.9 Å². The van der Waals surface area contributed by atoms with Gasteiger partial charge < -0.3 is 48.1 Å². The fourth-order valence-electron chi connectivity index (χ4n) is 4.81. The van der Waals surface area contributed by atoms with Crippen LogP contribution in [0.25, 0.3) is 0 Å². The standard InChI is InChI=1S/C36H54N8O10/c1-8-21(6)31(35(52)43-30(20(4)5)34(51)42-29(19(2)3)32(37)49)44-33(50)22(7)40-26(46)15-14-25(45)38-17-27(47)39-18-28(48)41-24(36(53)54)16-23-12-10-9-11-13-23/h9-15,19-22,24,29-31H,8,16-18H2,1-7H3,(H2,37,49)(H,38,45)(H,39,47)(H,40,46)(H,41,48)(H,42,51)(H,43,52)(H,44,50)(H,53,54)/b15-14+/t21-,22-,24-,29-,30-,31-/m0/s1. The fourth-order valence-corrected chi connectivity index (χ4v) is 4.81. The number of amides is 8. The van der Waals surface area contributed by atoms with Crippen molar-refractivity contribution in [1.29, 1.82) is 0 Å². The van der Waals surface area contributed by atoms with E-state index in [9.17, 15) is 48.3 Å². The van der Waals surface area contributed by atoms with Crippen LogP contribution < -0.4 is 43.0 Å². The third-order valence-electron chi connectivity index (χ3n) is 8.23. The number of hydrogen-bond donors (Lipinski definition) is 9. The highest BCUT2D eigenvalue weighted by molar-refractivity contribution is 6.00. The zero-order valence-electron chi connectivity index (χ0n) is 31.7. The first-order chi connectivity index (χ1) is 25.3. The molecule has 0 aliphatic rings. The lowest BCUT2D eigenvalue weighted by Crippen LogP contribution is -2.60. The topological polar surface area (TPSA) is 284 Å². The van der Waals surface area contributed by atoms with Crippen LogP contribution in [-0.2, 0) is 49.6 Å². The molecule has 54 heavy (non-hydrogen) atoms. The first-order valence-electron chi connectivity index (χ1n) is 17.6. The Labute approximate surface area is 314 Å². The zero-order chi connectivity index (χ0) is 41.1. The highest BCUT2D eigenvalue weighted by Crippen LogP contribution is 2.12. The molecule has 0 saturated heterocycles. The van der Waals surface area contributed by atoms with Crippen molar-refractivity contribution in [2.24, 2.45) is 23.5 Å². The van der Waals surface area contributed by atoms with Crippen LogP contribution in [0.2, 0.25) is 0 Å². The Kier molecular flexibility index (Phi) is 19.7. The summed E-state index contributed by atoms with van der Waals surface area (Å²) in [5, 5.41) is 26.4. The average molecular weight is 759 g/mol. The summed E-state index contributed by atoms with van der Waals surface area (Å²) in [7, 11) is 0. The summed E-state index contributed by atoms with van der Waals surface area (Å²) in [4.78, 5) is 112. The van der Waals surface area contributed by atoms with E-state index < -0.39 is 108 Å². The number of nitrogens with one attached hydrogen (secondary N) is 7. The van der Waals surface area contributed by atoms with E-state index in [0.29, 0.717) is 12.0 Å². The summed E-state index contributed by atoms with van der Waals surface area (Å²) < 4.78 is 0. The molecule has 0 fully saturated rings. The second-order valence-corrected chi connectivity index (χ2v) is 13.4. The van der Waals surface area contributed by atoms with Crippen LogP contribution >= 0.6 is 0 Å². The van der Waals surface area contributed by atoms with Crippen LogP contribution in [0.3, 0.4) is 0 Å². The first kappa shape index (κ1) is 46.2. The van der Waals surface area contributed by atoms with Gasteiger partial charge in [-0.15, -0.1) is 0 Å². The van der Waals surface area contributed by atoms with Gasteiger partial charge in [0.05, 0.1) is 13.1 Å². The molecule has 10 N–H and O–H groups in total. The van der Waals surface area contributed by atoms with Gasteiger partial charge in [-0.05, 0) is 30.2 Å². The van der Waals surface area contributed by atoms with Gasteiger partial charge in [-0.1, -0.05) is 78.3 Å². The molecule has 0 aliphatic carbocycles. The molecule has 6 atom stereocenters. The van der Waals surface area contributed by atoms with Gasteiger partial charge in [0.1, 0.15) is 30.2 Å². The second kappa shape index (κ2) is 23.0. The summed E-state index contributed by atoms with van der Waals surface area (Å²) >= 11 is 0. The van der Waals surface area contributed by atoms with Gasteiger partial charge in [-0.2, -0.15) is 0 Å². The van der Waals surface area contributed by atoms with Crippen LogP contribution in [0.1, 0.15) is 60.5 Å². The Hall–Kier alpha value is -5.81. The van der Waals surface area contributed by atoms with E-state index in [0.717, 1.165) is 12.2 Å². The lowest BCUT2D eigenvalue weighted by molar-refractivity contribution is -0.141. The fraction of sp³-hybridized carbons (Fsp3) is 0.528. The maximum absolute atomic E-state index is 13.4. The smallest absolute Gasteiger partial charge is 0.326 e. The molecule has 298 valence electrons. The van der Waals surface area contributed by atoms with Crippen molar-refractivity contribution in [2.45, 2.75) is 91.5 Å². The molecule has 1 aromatic rings. The van der Waals surface area contributed by atoms with Gasteiger partial charge in [-0.25, -0.2) is 4.79 Å². The maximum atomic E-state index is 13.4. The molecule has 0 unspecified atom stereocenters. The molecule has 0 aromatic heterocycles. The number of carbonyl (C=O) groups excluding carboxylic acids is 8. The molecule has 0 bridgehead atoms. The Morgan fingerprint density at radius 3 is 1.70 bits per heavy atom. The summed E-state index contributed by atoms with van der Waals surface area (Å²) in [6.45, 7) is 10.6. The van der Waals surface area contributed by atoms with E-state index >= 15 is 0 Å². The van der Waals surface area contributed by atoms with E-state index in [1.807, 2.05) is 0 Å². The van der Waals surface area contributed by atoms with E-state index in [4.69, 9.17) is 5.73 Å². The van der Waals surface area contributed by atoms with E-state index in [-0.39, 0.29) is 12.3 Å². The Bertz CT molecular complexity index is 1530. The van der Waals surface area contributed by atoms with Crippen LogP contribution in [0.5, 0.6) is 0 Å². The minimum absolute atomic E-state index is 0.0337. The number of aliphatic carboxylic acids is 1. The van der Waals surface area contributed by atoms with Crippen LogP contribution in [0, 0.1) is 17.8 Å². The molecule has 0 aliphatic heterocycles. The predicted octanol–water partition coefficient (Wildman–Crippen LogP) is -1.61. The summed E-state index contributed by atoms with van der Waals surface area (Å²) in [6.07, 6.45) is 2.14. The molecule has 18 heteroatoms. The molecular weight excluding hydrogens is 704 g/mol. The monoisotopic (exact) mass is 758 g/mol. The average Bonchev–Trinajstić information content (AvgIpc) is 3.11. The number of nitrogens with two attached hydrogens (primary N) is 1. The van der Waals surface area contributed by atoms with Crippen molar-refractivity contribution >= 4 is 53.2 Å². The van der Waals surface area contributed by atoms with Crippen molar-refractivity contribution < 1.29 is 48.3 Å².